The molecule has 0 aromatic carbocycles. The van der Waals surface area contributed by atoms with Crippen molar-refractivity contribution in [3.8, 4) is 0 Å². The highest BCUT2D eigenvalue weighted by Gasteiger charge is 1.80. The number of alkyl halides is 1. The van der Waals surface area contributed by atoms with E-state index in [9.17, 15) is 0 Å². The Kier molecular flexibility index (Phi) is 3.56. The second-order valence-corrected chi connectivity index (χ2v) is 1.26. The van der Waals surface area contributed by atoms with E-state index in [1.54, 1.807) is 12.4 Å². The van der Waals surface area contributed by atoms with Crippen LogP contribution in [0.5, 0.6) is 0 Å². The van der Waals surface area contributed by atoms with E-state index in [4.69, 9.17) is 11.6 Å². The van der Waals surface area contributed by atoms with Crippen LogP contribution in [-0.4, -0.2) is 15.0 Å². The first-order valence-corrected chi connectivity index (χ1v) is 2.37. The maximum atomic E-state index is 5.31. The lowest BCUT2D eigenvalue weighted by atomic mass is 11.0. The number of rotatable bonds is 1. The molecule has 0 atom stereocenters. The molecule has 0 aliphatic heterocycles. The van der Waals surface area contributed by atoms with Crippen molar-refractivity contribution in [2.45, 2.75) is 6.00 Å². The fraction of sp³-hybridized carbons (Fsp3) is 0.333. The fourth-order valence-corrected chi connectivity index (χ4v) is 0.429. The summed E-state index contributed by atoms with van der Waals surface area (Å²) in [7, 11) is 0. The molecular formula is C3H5Cl2N3. The Bertz CT molecular complexity index is 127. The summed E-state index contributed by atoms with van der Waals surface area (Å²) in [5.74, 6) is 0. The maximum absolute atomic E-state index is 5.31. The zero-order valence-corrected chi connectivity index (χ0v) is 5.56. The number of nitrogens with zero attached hydrogens (tertiary/aromatic N) is 3. The first-order valence-electron chi connectivity index (χ1n) is 1.83. The van der Waals surface area contributed by atoms with Gasteiger partial charge in [-0.05, 0) is 0 Å². The maximum Gasteiger partial charge on any atom is 0.134 e. The summed E-state index contributed by atoms with van der Waals surface area (Å²) >= 11 is 5.31. The summed E-state index contributed by atoms with van der Waals surface area (Å²) in [6.45, 7) is 0. The zero-order chi connectivity index (χ0) is 5.11. The lowest BCUT2D eigenvalue weighted by Crippen LogP contribution is -1.94. The van der Waals surface area contributed by atoms with Gasteiger partial charge in [-0.25, -0.2) is 0 Å². The largest absolute Gasteiger partial charge is 0.170 e. The summed E-state index contributed by atoms with van der Waals surface area (Å²) in [5.41, 5.74) is 0. The Morgan fingerprint density at radius 1 is 1.38 bits per heavy atom. The van der Waals surface area contributed by atoms with Crippen LogP contribution >= 0.6 is 24.0 Å². The van der Waals surface area contributed by atoms with Gasteiger partial charge in [-0.1, -0.05) is 11.6 Å². The molecule has 0 amide bonds. The topological polar surface area (TPSA) is 30.7 Å². The molecule has 0 aliphatic rings. The zero-order valence-electron chi connectivity index (χ0n) is 3.99. The van der Waals surface area contributed by atoms with Gasteiger partial charge < -0.3 is 0 Å². The smallest absolute Gasteiger partial charge is 0.134 e. The van der Waals surface area contributed by atoms with Crippen LogP contribution in [0.3, 0.4) is 0 Å². The average Bonchev–Trinajstić information content (AvgIpc) is 2.14. The minimum absolute atomic E-state index is 0. The summed E-state index contributed by atoms with van der Waals surface area (Å²) in [5, 5.41) is 7.42. The Hall–Kier alpha value is -0.280. The van der Waals surface area contributed by atoms with Gasteiger partial charge in [0.15, 0.2) is 0 Å². The van der Waals surface area contributed by atoms with Crippen molar-refractivity contribution in [3.05, 3.63) is 12.4 Å². The van der Waals surface area contributed by atoms with Crippen molar-refractivity contribution in [2.24, 2.45) is 0 Å². The van der Waals surface area contributed by atoms with Gasteiger partial charge >= 0.3 is 0 Å². The van der Waals surface area contributed by atoms with Crippen molar-refractivity contribution in [1.29, 1.82) is 0 Å². The van der Waals surface area contributed by atoms with Crippen LogP contribution in [0.4, 0.5) is 0 Å². The molecule has 1 heterocycles. The molecule has 1 aromatic rings. The minimum Gasteiger partial charge on any atom is -0.170 e. The monoisotopic (exact) mass is 153 g/mol. The predicted octanol–water partition coefficient (Wildman–Crippen LogP) is 0.896. The molecular weight excluding hydrogens is 149 g/mol. The molecule has 0 radical (unpaired) electrons. The SMILES string of the molecule is Cl.ClCn1nccn1. The first kappa shape index (κ1) is 7.72. The summed E-state index contributed by atoms with van der Waals surface area (Å²) in [6.07, 6.45) is 3.17. The van der Waals surface area contributed by atoms with E-state index in [0.29, 0.717) is 6.00 Å². The highest BCUT2D eigenvalue weighted by atomic mass is 35.5. The third kappa shape index (κ3) is 1.68. The molecule has 0 unspecified atom stereocenters. The number of hydrogen-bond donors (Lipinski definition) is 0. The number of aromatic nitrogens is 3. The van der Waals surface area contributed by atoms with E-state index in [-0.39, 0.29) is 12.4 Å². The highest BCUT2D eigenvalue weighted by Crippen LogP contribution is 1.79. The van der Waals surface area contributed by atoms with Gasteiger partial charge in [0.2, 0.25) is 0 Å². The van der Waals surface area contributed by atoms with Gasteiger partial charge in [0, 0.05) is 0 Å². The van der Waals surface area contributed by atoms with Crippen LogP contribution < -0.4 is 0 Å². The van der Waals surface area contributed by atoms with Gasteiger partial charge in [0.25, 0.3) is 0 Å². The van der Waals surface area contributed by atoms with Crippen molar-refractivity contribution < 1.29 is 0 Å². The molecule has 46 valence electrons. The second kappa shape index (κ2) is 3.69. The Morgan fingerprint density at radius 2 is 1.88 bits per heavy atom. The van der Waals surface area contributed by atoms with Gasteiger partial charge in [0.1, 0.15) is 6.00 Å². The standard InChI is InChI=1S/C3H4ClN3.ClH/c4-3-7-5-1-2-6-7;/h1-2H,3H2;1H. The van der Waals surface area contributed by atoms with Crippen LogP contribution in [0.25, 0.3) is 0 Å². The number of halogens is 2. The van der Waals surface area contributed by atoms with E-state index >= 15 is 0 Å². The average molecular weight is 154 g/mol. The Balaban J connectivity index is 0.000000490. The summed E-state index contributed by atoms with van der Waals surface area (Å²) in [4.78, 5) is 1.39. The van der Waals surface area contributed by atoms with Crippen LogP contribution in [0.15, 0.2) is 12.4 Å². The van der Waals surface area contributed by atoms with E-state index in [1.165, 1.54) is 4.80 Å². The predicted molar refractivity (Wildman–Crippen MR) is 33.1 cm³/mol. The molecule has 0 N–H and O–H groups in total. The van der Waals surface area contributed by atoms with Crippen molar-refractivity contribution in [1.82, 2.24) is 15.0 Å². The van der Waals surface area contributed by atoms with E-state index in [1.807, 2.05) is 0 Å². The molecule has 0 aliphatic carbocycles. The summed E-state index contributed by atoms with van der Waals surface area (Å²) < 4.78 is 0. The quantitative estimate of drug-likeness (QED) is 0.562. The molecule has 0 spiro atoms. The van der Waals surface area contributed by atoms with Crippen molar-refractivity contribution >= 4 is 24.0 Å². The van der Waals surface area contributed by atoms with E-state index in [0.717, 1.165) is 0 Å². The van der Waals surface area contributed by atoms with Crippen molar-refractivity contribution in [2.75, 3.05) is 0 Å². The van der Waals surface area contributed by atoms with Gasteiger partial charge in [-0.15, -0.1) is 12.4 Å². The molecule has 0 fully saturated rings. The molecule has 1 rings (SSSR count). The lowest BCUT2D eigenvalue weighted by Gasteiger charge is -1.83. The molecule has 5 heteroatoms. The molecule has 1 aromatic heterocycles. The van der Waals surface area contributed by atoms with Crippen LogP contribution in [-0.2, 0) is 6.00 Å². The third-order valence-corrected chi connectivity index (χ3v) is 0.787. The van der Waals surface area contributed by atoms with Crippen LogP contribution in [0.2, 0.25) is 0 Å². The van der Waals surface area contributed by atoms with E-state index in [2.05, 4.69) is 10.2 Å². The molecule has 8 heavy (non-hydrogen) atoms. The first-order chi connectivity index (χ1) is 3.43. The highest BCUT2D eigenvalue weighted by molar-refractivity contribution is 6.15. The van der Waals surface area contributed by atoms with Crippen molar-refractivity contribution in [3.63, 3.8) is 0 Å². The molecule has 0 saturated carbocycles. The summed E-state index contributed by atoms with van der Waals surface area (Å²) in [6, 6.07) is 0.326. The Labute approximate surface area is 58.0 Å². The lowest BCUT2D eigenvalue weighted by molar-refractivity contribution is 0.635. The minimum atomic E-state index is 0. The van der Waals surface area contributed by atoms with Gasteiger partial charge in [-0.2, -0.15) is 15.0 Å². The third-order valence-electron chi connectivity index (χ3n) is 0.573. The van der Waals surface area contributed by atoms with Crippen LogP contribution in [0.1, 0.15) is 0 Å². The number of hydrogen-bond acceptors (Lipinski definition) is 2. The molecule has 0 saturated heterocycles. The Morgan fingerprint density at radius 3 is 2.12 bits per heavy atom. The molecule has 3 nitrogen and oxygen atoms in total. The normalized spacial score (nSPS) is 8.12. The van der Waals surface area contributed by atoms with E-state index < -0.39 is 0 Å². The van der Waals surface area contributed by atoms with Gasteiger partial charge in [-0.3, -0.25) is 0 Å². The van der Waals surface area contributed by atoms with Gasteiger partial charge in [0.05, 0.1) is 12.4 Å². The second-order valence-electron chi connectivity index (χ2n) is 1.02. The van der Waals surface area contributed by atoms with Crippen LogP contribution in [0, 0.1) is 0 Å². The fourth-order valence-electron chi connectivity index (χ4n) is 0.305. The molecule has 0 bridgehead atoms.